The maximum atomic E-state index is 6.33. The second kappa shape index (κ2) is 5.89. The lowest BCUT2D eigenvalue weighted by atomic mass is 9.96. The van der Waals surface area contributed by atoms with Crippen molar-refractivity contribution in [2.45, 2.75) is 32.4 Å². The summed E-state index contributed by atoms with van der Waals surface area (Å²) in [4.78, 5) is 4.30. The average Bonchev–Trinajstić information content (AvgIpc) is 2.85. The highest BCUT2D eigenvalue weighted by molar-refractivity contribution is 5.37. The summed E-state index contributed by atoms with van der Waals surface area (Å²) in [6.07, 6.45) is 4.67. The highest BCUT2D eigenvalue weighted by Gasteiger charge is 2.24. The minimum absolute atomic E-state index is 0.0178. The number of rotatable bonds is 5. The fourth-order valence-corrected chi connectivity index (χ4v) is 2.40. The van der Waals surface area contributed by atoms with Crippen molar-refractivity contribution in [2.24, 2.45) is 5.73 Å². The van der Waals surface area contributed by atoms with Crippen LogP contribution in [0, 0.1) is 6.92 Å². The van der Waals surface area contributed by atoms with Gasteiger partial charge in [0.05, 0.1) is 13.2 Å². The Morgan fingerprint density at radius 1 is 1.37 bits per heavy atom. The van der Waals surface area contributed by atoms with E-state index in [0.717, 1.165) is 23.6 Å². The van der Waals surface area contributed by atoms with Crippen molar-refractivity contribution in [2.75, 3.05) is 7.11 Å². The van der Waals surface area contributed by atoms with Gasteiger partial charge in [-0.3, -0.25) is 0 Å². The molecular weight excluding hydrogens is 238 g/mol. The number of imidazole rings is 1. The summed E-state index contributed by atoms with van der Waals surface area (Å²) in [6, 6.07) is 8.08. The number of benzene rings is 1. The van der Waals surface area contributed by atoms with E-state index in [1.807, 2.05) is 31.3 Å². The smallest absolute Gasteiger partial charge is 0.124 e. The van der Waals surface area contributed by atoms with Crippen LogP contribution in [-0.2, 0) is 0 Å². The van der Waals surface area contributed by atoms with Crippen LogP contribution in [0.15, 0.2) is 36.7 Å². The van der Waals surface area contributed by atoms with Gasteiger partial charge < -0.3 is 15.0 Å². The molecular formula is C15H21N3O. The second-order valence-electron chi connectivity index (χ2n) is 4.64. The molecule has 0 aliphatic carbocycles. The van der Waals surface area contributed by atoms with Crippen LogP contribution in [-0.4, -0.2) is 22.7 Å². The molecule has 4 heteroatoms. The van der Waals surface area contributed by atoms with Gasteiger partial charge in [0, 0.05) is 24.0 Å². The first-order chi connectivity index (χ1) is 9.19. The van der Waals surface area contributed by atoms with Gasteiger partial charge in [0.2, 0.25) is 0 Å². The van der Waals surface area contributed by atoms with Crippen LogP contribution in [0.1, 0.15) is 30.8 Å². The van der Waals surface area contributed by atoms with Gasteiger partial charge in [-0.15, -0.1) is 0 Å². The van der Waals surface area contributed by atoms with Gasteiger partial charge in [-0.25, -0.2) is 4.98 Å². The van der Waals surface area contributed by atoms with Crippen LogP contribution >= 0.6 is 0 Å². The monoisotopic (exact) mass is 259 g/mol. The van der Waals surface area contributed by atoms with Crippen molar-refractivity contribution < 1.29 is 4.74 Å². The van der Waals surface area contributed by atoms with Crippen LogP contribution in [0.4, 0.5) is 0 Å². The van der Waals surface area contributed by atoms with Crippen molar-refractivity contribution in [1.29, 1.82) is 0 Å². The number of para-hydroxylation sites is 1. The molecule has 4 nitrogen and oxygen atoms in total. The van der Waals surface area contributed by atoms with Gasteiger partial charge in [-0.05, 0) is 19.4 Å². The zero-order chi connectivity index (χ0) is 13.8. The fraction of sp³-hybridized carbons (Fsp3) is 0.400. The first kappa shape index (κ1) is 13.6. The third-order valence-electron chi connectivity index (χ3n) is 3.50. The molecule has 0 bridgehead atoms. The maximum Gasteiger partial charge on any atom is 0.124 e. The SMILES string of the molecule is CCC(N)C(c1ccccc1OC)n1ccnc1C. The Balaban J connectivity index is 2.52. The molecule has 102 valence electrons. The molecule has 2 unspecified atom stereocenters. The van der Waals surface area contributed by atoms with E-state index in [1.165, 1.54) is 0 Å². The van der Waals surface area contributed by atoms with Gasteiger partial charge in [0.15, 0.2) is 0 Å². The number of methoxy groups -OCH3 is 1. The van der Waals surface area contributed by atoms with E-state index in [0.29, 0.717) is 0 Å². The summed E-state index contributed by atoms with van der Waals surface area (Å²) >= 11 is 0. The summed E-state index contributed by atoms with van der Waals surface area (Å²) < 4.78 is 7.59. The molecule has 1 aromatic heterocycles. The molecule has 0 saturated carbocycles. The standard InChI is InChI=1S/C15H21N3O/c1-4-13(16)15(18-10-9-17-11(18)2)12-7-5-6-8-14(12)19-3/h5-10,13,15H,4,16H2,1-3H3. The Morgan fingerprint density at radius 2 is 2.11 bits per heavy atom. The lowest BCUT2D eigenvalue weighted by Crippen LogP contribution is -2.33. The average molecular weight is 259 g/mol. The second-order valence-corrected chi connectivity index (χ2v) is 4.64. The first-order valence-electron chi connectivity index (χ1n) is 6.57. The third-order valence-corrected chi connectivity index (χ3v) is 3.50. The molecule has 1 heterocycles. The van der Waals surface area contributed by atoms with Gasteiger partial charge in [-0.1, -0.05) is 25.1 Å². The zero-order valence-electron chi connectivity index (χ0n) is 11.7. The van der Waals surface area contributed by atoms with Gasteiger partial charge in [0.1, 0.15) is 11.6 Å². The number of nitrogens with zero attached hydrogens (tertiary/aromatic N) is 2. The summed E-state index contributed by atoms with van der Waals surface area (Å²) in [5.41, 5.74) is 7.43. The van der Waals surface area contributed by atoms with Crippen LogP contribution in [0.25, 0.3) is 0 Å². The first-order valence-corrected chi connectivity index (χ1v) is 6.57. The molecule has 0 saturated heterocycles. The summed E-state index contributed by atoms with van der Waals surface area (Å²) in [6.45, 7) is 4.09. The number of hydrogen-bond donors (Lipinski definition) is 1. The van der Waals surface area contributed by atoms with Crippen molar-refractivity contribution in [3.8, 4) is 5.75 Å². The molecule has 0 aliphatic rings. The third kappa shape index (κ3) is 2.63. The quantitative estimate of drug-likeness (QED) is 0.897. The van der Waals surface area contributed by atoms with Gasteiger partial charge in [-0.2, -0.15) is 0 Å². The van der Waals surface area contributed by atoms with Crippen molar-refractivity contribution in [3.05, 3.63) is 48.0 Å². The minimum Gasteiger partial charge on any atom is -0.496 e. The molecule has 19 heavy (non-hydrogen) atoms. The van der Waals surface area contributed by atoms with E-state index in [-0.39, 0.29) is 12.1 Å². The number of hydrogen-bond acceptors (Lipinski definition) is 3. The molecule has 2 atom stereocenters. The minimum atomic E-state index is 0.0178. The zero-order valence-corrected chi connectivity index (χ0v) is 11.7. The topological polar surface area (TPSA) is 53.1 Å². The van der Waals surface area contributed by atoms with Crippen molar-refractivity contribution in [3.63, 3.8) is 0 Å². The number of nitrogens with two attached hydrogens (primary N) is 1. The van der Waals surface area contributed by atoms with Gasteiger partial charge in [0.25, 0.3) is 0 Å². The van der Waals surface area contributed by atoms with E-state index >= 15 is 0 Å². The largest absolute Gasteiger partial charge is 0.496 e. The number of aryl methyl sites for hydroxylation is 1. The molecule has 0 spiro atoms. The van der Waals surface area contributed by atoms with Crippen LogP contribution in [0.5, 0.6) is 5.75 Å². The molecule has 0 radical (unpaired) electrons. The normalized spacial score (nSPS) is 14.1. The molecule has 2 rings (SSSR count). The lowest BCUT2D eigenvalue weighted by molar-refractivity contribution is 0.385. The molecule has 2 aromatic rings. The van der Waals surface area contributed by atoms with E-state index in [9.17, 15) is 0 Å². The van der Waals surface area contributed by atoms with E-state index < -0.39 is 0 Å². The van der Waals surface area contributed by atoms with Crippen LogP contribution in [0.2, 0.25) is 0 Å². The van der Waals surface area contributed by atoms with Crippen molar-refractivity contribution >= 4 is 0 Å². The predicted octanol–water partition coefficient (Wildman–Crippen LogP) is 2.53. The predicted molar refractivity (Wildman–Crippen MR) is 76.4 cm³/mol. The molecule has 2 N–H and O–H groups in total. The molecule has 0 amide bonds. The highest BCUT2D eigenvalue weighted by atomic mass is 16.5. The Labute approximate surface area is 114 Å². The Kier molecular flexibility index (Phi) is 4.22. The molecule has 1 aromatic carbocycles. The van der Waals surface area contributed by atoms with Gasteiger partial charge >= 0.3 is 0 Å². The van der Waals surface area contributed by atoms with Crippen LogP contribution in [0.3, 0.4) is 0 Å². The number of aromatic nitrogens is 2. The maximum absolute atomic E-state index is 6.33. The fourth-order valence-electron chi connectivity index (χ4n) is 2.40. The van der Waals surface area contributed by atoms with E-state index in [1.54, 1.807) is 13.3 Å². The van der Waals surface area contributed by atoms with E-state index in [4.69, 9.17) is 10.5 Å². The molecule has 0 aliphatic heterocycles. The van der Waals surface area contributed by atoms with Crippen LogP contribution < -0.4 is 10.5 Å². The summed E-state index contributed by atoms with van der Waals surface area (Å²) in [5.74, 6) is 1.82. The Morgan fingerprint density at radius 3 is 2.68 bits per heavy atom. The van der Waals surface area contributed by atoms with E-state index in [2.05, 4.69) is 22.5 Å². The summed E-state index contributed by atoms with van der Waals surface area (Å²) in [7, 11) is 1.69. The van der Waals surface area contributed by atoms with Crippen molar-refractivity contribution in [1.82, 2.24) is 9.55 Å². The molecule has 0 fully saturated rings. The number of ether oxygens (including phenoxy) is 1. The Hall–Kier alpha value is -1.81. The highest BCUT2D eigenvalue weighted by Crippen LogP contribution is 2.31. The summed E-state index contributed by atoms with van der Waals surface area (Å²) in [5, 5.41) is 0. The lowest BCUT2D eigenvalue weighted by Gasteiger charge is -2.27. The Bertz CT molecular complexity index is 536.